The van der Waals surface area contributed by atoms with E-state index in [-0.39, 0.29) is 11.9 Å². The van der Waals surface area contributed by atoms with Crippen LogP contribution in [0, 0.1) is 20.8 Å². The number of methoxy groups -OCH3 is 1. The second kappa shape index (κ2) is 8.86. The van der Waals surface area contributed by atoms with Gasteiger partial charge in [-0.15, -0.1) is 0 Å². The second-order valence-corrected chi connectivity index (χ2v) is 9.34. The molecule has 1 N–H and O–H groups in total. The van der Waals surface area contributed by atoms with Crippen LogP contribution in [-0.4, -0.2) is 33.7 Å². The van der Waals surface area contributed by atoms with Crippen LogP contribution in [0.25, 0.3) is 0 Å². The van der Waals surface area contributed by atoms with Gasteiger partial charge in [0.25, 0.3) is 0 Å². The first-order chi connectivity index (χ1) is 13.5. The Kier molecular flexibility index (Phi) is 6.95. The highest BCUT2D eigenvalue weighted by Crippen LogP contribution is 2.32. The van der Waals surface area contributed by atoms with Gasteiger partial charge < -0.3 is 10.1 Å². The van der Waals surface area contributed by atoms with Crippen LogP contribution >= 0.6 is 0 Å². The molecule has 0 unspecified atom stereocenters. The van der Waals surface area contributed by atoms with Crippen LogP contribution in [0.2, 0.25) is 0 Å². The summed E-state index contributed by atoms with van der Waals surface area (Å²) in [7, 11) is -2.26. The third-order valence-electron chi connectivity index (χ3n) is 5.05. The summed E-state index contributed by atoms with van der Waals surface area (Å²) in [6, 6.07) is 10.0. The van der Waals surface area contributed by atoms with E-state index in [4.69, 9.17) is 4.74 Å². The number of amides is 1. The Labute approximate surface area is 173 Å². The van der Waals surface area contributed by atoms with E-state index in [2.05, 4.69) is 5.32 Å². The highest BCUT2D eigenvalue weighted by Gasteiger charge is 2.32. The van der Waals surface area contributed by atoms with Crippen LogP contribution in [0.4, 0.5) is 5.69 Å². The number of carbonyl (C=O) groups excluding carboxylic acids is 1. The zero-order valence-electron chi connectivity index (χ0n) is 18.1. The van der Waals surface area contributed by atoms with Gasteiger partial charge in [-0.1, -0.05) is 24.3 Å². The third kappa shape index (κ3) is 5.29. The van der Waals surface area contributed by atoms with E-state index < -0.39 is 16.1 Å². The lowest BCUT2D eigenvalue weighted by Gasteiger charge is -2.30. The number of benzene rings is 2. The Bertz CT molecular complexity index is 1000. The number of rotatable bonds is 7. The summed E-state index contributed by atoms with van der Waals surface area (Å²) >= 11 is 0. The van der Waals surface area contributed by atoms with E-state index in [1.165, 1.54) is 12.7 Å². The molecule has 0 aliphatic rings. The van der Waals surface area contributed by atoms with Crippen molar-refractivity contribution in [3.63, 3.8) is 0 Å². The molecule has 2 rings (SSSR count). The summed E-state index contributed by atoms with van der Waals surface area (Å²) in [6.07, 6.45) is 1.09. The minimum Gasteiger partial charge on any atom is -0.495 e. The number of nitrogens with zero attached hydrogens (tertiary/aromatic N) is 1. The van der Waals surface area contributed by atoms with Gasteiger partial charge in [-0.05, 0) is 69.0 Å². The first-order valence-electron chi connectivity index (χ1n) is 9.47. The van der Waals surface area contributed by atoms with Crippen LogP contribution < -0.4 is 14.4 Å². The molecule has 0 fully saturated rings. The molecular formula is C22H30N2O4S. The summed E-state index contributed by atoms with van der Waals surface area (Å²) in [6.45, 7) is 9.36. The number of nitrogens with one attached hydrogen (secondary N) is 1. The number of anilines is 1. The summed E-state index contributed by atoms with van der Waals surface area (Å²) in [5.41, 5.74) is 4.49. The number of hydrogen-bond donors (Lipinski definition) is 1. The number of hydrogen-bond acceptors (Lipinski definition) is 4. The topological polar surface area (TPSA) is 75.7 Å². The highest BCUT2D eigenvalue weighted by atomic mass is 32.2. The normalized spacial score (nSPS) is 13.5. The van der Waals surface area contributed by atoms with Crippen LogP contribution in [0.15, 0.2) is 36.4 Å². The van der Waals surface area contributed by atoms with Gasteiger partial charge in [0.05, 0.1) is 25.1 Å². The van der Waals surface area contributed by atoms with E-state index in [1.807, 2.05) is 52.0 Å². The molecule has 1 amide bonds. The molecular weight excluding hydrogens is 388 g/mol. The molecule has 0 aliphatic carbocycles. The van der Waals surface area contributed by atoms with Crippen LogP contribution in [0.1, 0.15) is 42.1 Å². The molecule has 29 heavy (non-hydrogen) atoms. The molecule has 0 heterocycles. The molecule has 2 atom stereocenters. The molecule has 0 spiro atoms. The molecule has 0 aliphatic heterocycles. The fraction of sp³-hybridized carbons (Fsp3) is 0.409. The molecule has 0 aromatic heterocycles. The maximum atomic E-state index is 13.0. The number of carbonyl (C=O) groups is 1. The van der Waals surface area contributed by atoms with Crippen LogP contribution in [0.3, 0.4) is 0 Å². The van der Waals surface area contributed by atoms with E-state index in [0.29, 0.717) is 11.4 Å². The van der Waals surface area contributed by atoms with Crippen LogP contribution in [0.5, 0.6) is 5.75 Å². The Morgan fingerprint density at radius 3 is 2.24 bits per heavy atom. The summed E-state index contributed by atoms with van der Waals surface area (Å²) < 4.78 is 31.6. The van der Waals surface area contributed by atoms with Crippen molar-refractivity contribution in [3.05, 3.63) is 58.7 Å². The lowest BCUT2D eigenvalue weighted by atomic mass is 10.0. The lowest BCUT2D eigenvalue weighted by Crippen LogP contribution is -2.48. The lowest BCUT2D eigenvalue weighted by molar-refractivity contribution is -0.122. The zero-order chi connectivity index (χ0) is 21.9. The van der Waals surface area contributed by atoms with Crippen LogP contribution in [-0.2, 0) is 14.8 Å². The monoisotopic (exact) mass is 418 g/mol. The smallest absolute Gasteiger partial charge is 0.244 e. The van der Waals surface area contributed by atoms with Crippen molar-refractivity contribution in [1.29, 1.82) is 0 Å². The fourth-order valence-electron chi connectivity index (χ4n) is 3.20. The SMILES string of the molecule is COc1ccc(C)cc1N([C@H](C)C(=O)N[C@@H](C)c1ccc(C)c(C)c1)S(C)(=O)=O. The summed E-state index contributed by atoms with van der Waals surface area (Å²) in [5.74, 6) is 0.00703. The first kappa shape index (κ1) is 22.7. The van der Waals surface area contributed by atoms with Crippen molar-refractivity contribution in [3.8, 4) is 5.75 Å². The molecule has 0 saturated heterocycles. The van der Waals surface area contributed by atoms with Crippen molar-refractivity contribution in [1.82, 2.24) is 5.32 Å². The molecule has 158 valence electrons. The Morgan fingerprint density at radius 1 is 1.03 bits per heavy atom. The number of sulfonamides is 1. The molecule has 2 aromatic rings. The van der Waals surface area contributed by atoms with E-state index >= 15 is 0 Å². The van der Waals surface area contributed by atoms with Gasteiger partial charge >= 0.3 is 0 Å². The van der Waals surface area contributed by atoms with Gasteiger partial charge in [0.1, 0.15) is 11.8 Å². The van der Waals surface area contributed by atoms with Crippen molar-refractivity contribution >= 4 is 21.6 Å². The van der Waals surface area contributed by atoms with E-state index in [1.54, 1.807) is 19.1 Å². The standard InChI is InChI=1S/C22H30N2O4S/c1-14-8-11-21(28-6)20(12-14)24(29(7,26)27)18(5)22(25)23-17(4)19-10-9-15(2)16(3)13-19/h8-13,17-18H,1-7H3,(H,23,25)/t17-,18+/m0/s1. The van der Waals surface area contributed by atoms with Gasteiger partial charge in [-0.25, -0.2) is 8.42 Å². The zero-order valence-corrected chi connectivity index (χ0v) is 18.9. The molecule has 0 radical (unpaired) electrons. The van der Waals surface area contributed by atoms with Gasteiger partial charge in [0, 0.05) is 0 Å². The van der Waals surface area contributed by atoms with Gasteiger partial charge in [0.15, 0.2) is 0 Å². The Hall–Kier alpha value is -2.54. The van der Waals surface area contributed by atoms with Gasteiger partial charge in [0.2, 0.25) is 15.9 Å². The third-order valence-corrected chi connectivity index (χ3v) is 6.28. The van der Waals surface area contributed by atoms with Gasteiger partial charge in [-0.2, -0.15) is 0 Å². The number of ether oxygens (including phenoxy) is 1. The predicted molar refractivity (Wildman–Crippen MR) is 117 cm³/mol. The maximum Gasteiger partial charge on any atom is 0.244 e. The average molecular weight is 419 g/mol. The molecule has 6 nitrogen and oxygen atoms in total. The van der Waals surface area contributed by atoms with Gasteiger partial charge in [-0.3, -0.25) is 9.10 Å². The minimum atomic E-state index is -3.73. The Balaban J connectivity index is 2.34. The average Bonchev–Trinajstić information content (AvgIpc) is 2.63. The molecule has 7 heteroatoms. The second-order valence-electron chi connectivity index (χ2n) is 7.48. The Morgan fingerprint density at radius 2 is 1.69 bits per heavy atom. The highest BCUT2D eigenvalue weighted by molar-refractivity contribution is 7.92. The van der Waals surface area contributed by atoms with E-state index in [0.717, 1.165) is 27.3 Å². The van der Waals surface area contributed by atoms with Crippen molar-refractivity contribution in [2.45, 2.75) is 46.7 Å². The molecule has 0 saturated carbocycles. The van der Waals surface area contributed by atoms with E-state index in [9.17, 15) is 13.2 Å². The maximum absolute atomic E-state index is 13.0. The minimum absolute atomic E-state index is 0.259. The predicted octanol–water partition coefficient (Wildman–Crippen LogP) is 3.65. The number of aryl methyl sites for hydroxylation is 3. The quantitative estimate of drug-likeness (QED) is 0.745. The molecule has 0 bridgehead atoms. The molecule has 2 aromatic carbocycles. The largest absolute Gasteiger partial charge is 0.495 e. The summed E-state index contributed by atoms with van der Waals surface area (Å²) in [5, 5.41) is 2.93. The first-order valence-corrected chi connectivity index (χ1v) is 11.3. The van der Waals surface area contributed by atoms with Crippen molar-refractivity contribution in [2.75, 3.05) is 17.7 Å². The van der Waals surface area contributed by atoms with Crippen molar-refractivity contribution in [2.24, 2.45) is 0 Å². The fourth-order valence-corrected chi connectivity index (χ4v) is 4.37. The van der Waals surface area contributed by atoms with Crippen molar-refractivity contribution < 1.29 is 17.9 Å². The summed E-state index contributed by atoms with van der Waals surface area (Å²) in [4.78, 5) is 13.0.